The van der Waals surface area contributed by atoms with Crippen molar-refractivity contribution in [3.05, 3.63) is 42.5 Å². The van der Waals surface area contributed by atoms with E-state index in [1.807, 2.05) is 18.2 Å². The Labute approximate surface area is 212 Å². The SMILES string of the molecule is COc1ccc(N2CCN(CCNC(=O)N[C@@H]3CC(=O)N(c4ccc(OC)c(OC)c4)C3)CC2)cc1. The molecule has 2 aromatic carbocycles. The first kappa shape index (κ1) is 25.4. The maximum atomic E-state index is 12.6. The molecule has 0 unspecified atom stereocenters. The number of methoxy groups -OCH3 is 3. The van der Waals surface area contributed by atoms with E-state index in [9.17, 15) is 9.59 Å². The van der Waals surface area contributed by atoms with E-state index in [1.165, 1.54) is 5.69 Å². The quantitative estimate of drug-likeness (QED) is 0.547. The highest BCUT2D eigenvalue weighted by atomic mass is 16.5. The Morgan fingerprint density at radius 1 is 0.917 bits per heavy atom. The van der Waals surface area contributed by atoms with Gasteiger partial charge in [-0.25, -0.2) is 4.79 Å². The molecule has 0 aliphatic carbocycles. The lowest BCUT2D eigenvalue weighted by Gasteiger charge is -2.36. The molecule has 36 heavy (non-hydrogen) atoms. The Balaban J connectivity index is 1.17. The first-order valence-corrected chi connectivity index (χ1v) is 12.2. The average Bonchev–Trinajstić information content (AvgIpc) is 3.28. The van der Waals surface area contributed by atoms with Crippen LogP contribution in [0.25, 0.3) is 0 Å². The molecule has 2 heterocycles. The summed E-state index contributed by atoms with van der Waals surface area (Å²) in [4.78, 5) is 31.4. The topological polar surface area (TPSA) is 95.6 Å². The van der Waals surface area contributed by atoms with E-state index in [0.29, 0.717) is 24.6 Å². The minimum Gasteiger partial charge on any atom is -0.497 e. The number of benzene rings is 2. The molecule has 0 aromatic heterocycles. The van der Waals surface area contributed by atoms with Gasteiger partial charge in [0, 0.05) is 69.7 Å². The summed E-state index contributed by atoms with van der Waals surface area (Å²) in [7, 11) is 4.80. The number of carbonyl (C=O) groups is 2. The number of carbonyl (C=O) groups excluding carboxylic acids is 2. The molecule has 2 N–H and O–H groups in total. The first-order valence-electron chi connectivity index (χ1n) is 12.2. The minimum atomic E-state index is -0.251. The molecule has 194 valence electrons. The van der Waals surface area contributed by atoms with Crippen molar-refractivity contribution in [3.63, 3.8) is 0 Å². The van der Waals surface area contributed by atoms with Crippen LogP contribution in [0.15, 0.2) is 42.5 Å². The van der Waals surface area contributed by atoms with Gasteiger partial charge in [-0.05, 0) is 36.4 Å². The Morgan fingerprint density at radius 2 is 1.61 bits per heavy atom. The summed E-state index contributed by atoms with van der Waals surface area (Å²) in [5.41, 5.74) is 1.91. The molecule has 2 aromatic rings. The first-order chi connectivity index (χ1) is 17.5. The number of piperazine rings is 1. The Hall–Kier alpha value is -3.66. The number of ether oxygens (including phenoxy) is 3. The predicted octanol–water partition coefficient (Wildman–Crippen LogP) is 1.94. The molecule has 2 saturated heterocycles. The second kappa shape index (κ2) is 11.9. The van der Waals surface area contributed by atoms with Crippen LogP contribution in [-0.2, 0) is 4.79 Å². The monoisotopic (exact) mass is 497 g/mol. The van der Waals surface area contributed by atoms with Crippen molar-refractivity contribution in [1.82, 2.24) is 15.5 Å². The van der Waals surface area contributed by atoms with E-state index in [1.54, 1.807) is 38.4 Å². The van der Waals surface area contributed by atoms with Gasteiger partial charge in [0.25, 0.3) is 0 Å². The van der Waals surface area contributed by atoms with Crippen molar-refractivity contribution in [2.45, 2.75) is 12.5 Å². The summed E-state index contributed by atoms with van der Waals surface area (Å²) < 4.78 is 15.8. The van der Waals surface area contributed by atoms with Crippen LogP contribution in [0.1, 0.15) is 6.42 Å². The van der Waals surface area contributed by atoms with Crippen LogP contribution in [0, 0.1) is 0 Å². The van der Waals surface area contributed by atoms with Gasteiger partial charge >= 0.3 is 6.03 Å². The summed E-state index contributed by atoms with van der Waals surface area (Å²) in [6.07, 6.45) is 0.259. The van der Waals surface area contributed by atoms with Crippen molar-refractivity contribution >= 4 is 23.3 Å². The summed E-state index contributed by atoms with van der Waals surface area (Å²) >= 11 is 0. The lowest BCUT2D eigenvalue weighted by atomic mass is 10.2. The average molecular weight is 498 g/mol. The molecular weight excluding hydrogens is 462 g/mol. The number of nitrogens with one attached hydrogen (secondary N) is 2. The van der Waals surface area contributed by atoms with Crippen LogP contribution in [0.5, 0.6) is 17.2 Å². The van der Waals surface area contributed by atoms with E-state index in [0.717, 1.165) is 44.2 Å². The number of amides is 3. The number of hydrogen-bond donors (Lipinski definition) is 2. The molecule has 4 rings (SSSR count). The molecule has 2 aliphatic heterocycles. The summed E-state index contributed by atoms with van der Waals surface area (Å²) in [6, 6.07) is 13.0. The molecular formula is C26H35N5O5. The molecule has 10 nitrogen and oxygen atoms in total. The fourth-order valence-electron chi connectivity index (χ4n) is 4.63. The Kier molecular flexibility index (Phi) is 8.37. The largest absolute Gasteiger partial charge is 0.497 e. The van der Waals surface area contributed by atoms with Gasteiger partial charge in [0.2, 0.25) is 5.91 Å². The summed E-state index contributed by atoms with van der Waals surface area (Å²) in [5, 5.41) is 5.86. The Morgan fingerprint density at radius 3 is 2.28 bits per heavy atom. The van der Waals surface area contributed by atoms with Gasteiger partial charge in [-0.1, -0.05) is 0 Å². The third kappa shape index (κ3) is 6.12. The second-order valence-electron chi connectivity index (χ2n) is 8.87. The number of anilines is 2. The lowest BCUT2D eigenvalue weighted by molar-refractivity contribution is -0.117. The minimum absolute atomic E-state index is 0.0396. The molecule has 10 heteroatoms. The molecule has 0 bridgehead atoms. The van der Waals surface area contributed by atoms with Gasteiger partial charge in [0.1, 0.15) is 5.75 Å². The molecule has 0 saturated carbocycles. The molecule has 3 amide bonds. The molecule has 0 spiro atoms. The number of hydrogen-bond acceptors (Lipinski definition) is 7. The predicted molar refractivity (Wildman–Crippen MR) is 138 cm³/mol. The fraction of sp³-hybridized carbons (Fsp3) is 0.462. The van der Waals surface area contributed by atoms with Gasteiger partial charge in [-0.15, -0.1) is 0 Å². The van der Waals surface area contributed by atoms with Crippen molar-refractivity contribution in [1.29, 1.82) is 0 Å². The number of rotatable bonds is 9. The smallest absolute Gasteiger partial charge is 0.315 e. The molecule has 1 atom stereocenters. The van der Waals surface area contributed by atoms with E-state index in [-0.39, 0.29) is 24.4 Å². The van der Waals surface area contributed by atoms with Crippen LogP contribution in [-0.4, -0.2) is 90.0 Å². The summed E-state index contributed by atoms with van der Waals surface area (Å²) in [5.74, 6) is 1.98. The van der Waals surface area contributed by atoms with E-state index in [2.05, 4.69) is 32.6 Å². The second-order valence-corrected chi connectivity index (χ2v) is 8.87. The zero-order valence-corrected chi connectivity index (χ0v) is 21.2. The van der Waals surface area contributed by atoms with Gasteiger partial charge in [0.05, 0.1) is 27.4 Å². The van der Waals surface area contributed by atoms with Crippen molar-refractivity contribution < 1.29 is 23.8 Å². The molecule has 2 aliphatic rings. The van der Waals surface area contributed by atoms with E-state index >= 15 is 0 Å². The zero-order chi connectivity index (χ0) is 25.5. The maximum absolute atomic E-state index is 12.6. The number of urea groups is 1. The third-order valence-corrected chi connectivity index (χ3v) is 6.66. The highest BCUT2D eigenvalue weighted by molar-refractivity contribution is 5.97. The molecule has 2 fully saturated rings. The third-order valence-electron chi connectivity index (χ3n) is 6.66. The van der Waals surface area contributed by atoms with E-state index < -0.39 is 0 Å². The lowest BCUT2D eigenvalue weighted by Crippen LogP contribution is -2.50. The van der Waals surface area contributed by atoms with Crippen LogP contribution >= 0.6 is 0 Å². The van der Waals surface area contributed by atoms with Crippen molar-refractivity contribution in [3.8, 4) is 17.2 Å². The van der Waals surface area contributed by atoms with Crippen LogP contribution in [0.4, 0.5) is 16.2 Å². The van der Waals surface area contributed by atoms with Crippen LogP contribution < -0.4 is 34.6 Å². The highest BCUT2D eigenvalue weighted by Gasteiger charge is 2.32. The van der Waals surface area contributed by atoms with Gasteiger partial charge in [-0.3, -0.25) is 9.69 Å². The molecule has 0 radical (unpaired) electrons. The zero-order valence-electron chi connectivity index (χ0n) is 21.2. The van der Waals surface area contributed by atoms with Gasteiger partial charge in [0.15, 0.2) is 11.5 Å². The van der Waals surface area contributed by atoms with Crippen molar-refractivity contribution in [2.75, 3.05) is 76.9 Å². The van der Waals surface area contributed by atoms with Crippen molar-refractivity contribution in [2.24, 2.45) is 0 Å². The van der Waals surface area contributed by atoms with Crippen LogP contribution in [0.2, 0.25) is 0 Å². The Bertz CT molecular complexity index is 1040. The van der Waals surface area contributed by atoms with Gasteiger partial charge < -0.3 is 34.6 Å². The van der Waals surface area contributed by atoms with Gasteiger partial charge in [-0.2, -0.15) is 0 Å². The standard InChI is InChI=1S/C26H35N5O5/c1-34-22-7-4-20(5-8-22)30-14-12-29(13-15-30)11-10-27-26(33)28-19-16-25(32)31(18-19)21-6-9-23(35-2)24(17-21)36-3/h4-9,17,19H,10-16,18H2,1-3H3,(H2,27,28,33)/t19-/m1/s1. The summed E-state index contributed by atoms with van der Waals surface area (Å²) in [6.45, 7) is 5.50. The number of nitrogens with zero attached hydrogens (tertiary/aromatic N) is 3. The maximum Gasteiger partial charge on any atom is 0.315 e. The normalized spacial score (nSPS) is 18.2. The van der Waals surface area contributed by atoms with E-state index in [4.69, 9.17) is 14.2 Å². The fourth-order valence-corrected chi connectivity index (χ4v) is 4.63. The highest BCUT2D eigenvalue weighted by Crippen LogP contribution is 2.33. The van der Waals surface area contributed by atoms with Crippen LogP contribution in [0.3, 0.4) is 0 Å².